The third-order valence-electron chi connectivity index (χ3n) is 2.12. The molecule has 0 saturated carbocycles. The molecule has 0 radical (unpaired) electrons. The Labute approximate surface area is 92.6 Å². The van der Waals surface area contributed by atoms with Crippen molar-refractivity contribution in [2.45, 2.75) is 0 Å². The number of anilines is 3. The Morgan fingerprint density at radius 1 is 1.50 bits per heavy atom. The average molecular weight is 214 g/mol. The molecule has 0 unspecified atom stereocenters. The highest BCUT2D eigenvalue weighted by Crippen LogP contribution is 2.20. The minimum atomic E-state index is 0.478. The minimum Gasteiger partial charge on any atom is -0.348 e. The van der Waals surface area contributed by atoms with E-state index in [1.54, 1.807) is 6.07 Å². The second-order valence-corrected chi connectivity index (χ2v) is 3.11. The maximum absolute atomic E-state index is 8.49. The van der Waals surface area contributed by atoms with Gasteiger partial charge in [-0.05, 0) is 12.1 Å². The number of aromatic nitrogens is 3. The molecule has 2 aromatic heterocycles. The first-order valence-corrected chi connectivity index (χ1v) is 4.65. The van der Waals surface area contributed by atoms with Crippen LogP contribution in [0.4, 0.5) is 17.5 Å². The lowest BCUT2D eigenvalue weighted by atomic mass is 10.4. The Hall–Kier alpha value is -2.55. The normalized spacial score (nSPS) is 9.50. The molecule has 0 aromatic carbocycles. The summed E-state index contributed by atoms with van der Waals surface area (Å²) in [6.07, 6.45) is 5.06. The maximum Gasteiger partial charge on any atom is 0.182 e. The summed E-state index contributed by atoms with van der Waals surface area (Å²) in [5.74, 6) is 2.10. The van der Waals surface area contributed by atoms with Crippen molar-refractivity contribution in [3.05, 3.63) is 30.7 Å². The van der Waals surface area contributed by atoms with Crippen LogP contribution < -0.4 is 10.2 Å². The molecule has 80 valence electrons. The van der Waals surface area contributed by atoms with Crippen LogP contribution in [0.1, 0.15) is 0 Å². The first kappa shape index (κ1) is 9.98. The van der Waals surface area contributed by atoms with Gasteiger partial charge in [0.05, 0.1) is 0 Å². The number of H-pyrrole nitrogens is 1. The predicted molar refractivity (Wildman–Crippen MR) is 60.1 cm³/mol. The van der Waals surface area contributed by atoms with E-state index >= 15 is 0 Å². The van der Waals surface area contributed by atoms with Crippen molar-refractivity contribution in [2.75, 3.05) is 17.3 Å². The third-order valence-corrected chi connectivity index (χ3v) is 2.12. The lowest BCUT2D eigenvalue weighted by molar-refractivity contribution is 1.06. The summed E-state index contributed by atoms with van der Waals surface area (Å²) in [5, 5.41) is 11.0. The van der Waals surface area contributed by atoms with Crippen LogP contribution in [0.25, 0.3) is 0 Å². The van der Waals surface area contributed by atoms with Gasteiger partial charge in [-0.3, -0.25) is 5.32 Å². The summed E-state index contributed by atoms with van der Waals surface area (Å²) >= 11 is 0. The van der Waals surface area contributed by atoms with E-state index in [-0.39, 0.29) is 0 Å². The molecule has 16 heavy (non-hydrogen) atoms. The van der Waals surface area contributed by atoms with Crippen molar-refractivity contribution < 1.29 is 0 Å². The molecule has 6 nitrogen and oxygen atoms in total. The van der Waals surface area contributed by atoms with Crippen LogP contribution in [0.15, 0.2) is 30.7 Å². The molecule has 6 heteroatoms. The molecule has 2 N–H and O–H groups in total. The van der Waals surface area contributed by atoms with Crippen molar-refractivity contribution in [2.24, 2.45) is 0 Å². The van der Waals surface area contributed by atoms with E-state index in [1.807, 2.05) is 36.5 Å². The summed E-state index contributed by atoms with van der Waals surface area (Å²) in [6, 6.07) is 5.53. The van der Waals surface area contributed by atoms with Crippen molar-refractivity contribution in [1.29, 1.82) is 5.26 Å². The molecule has 0 aliphatic rings. The van der Waals surface area contributed by atoms with Gasteiger partial charge >= 0.3 is 0 Å². The Morgan fingerprint density at radius 2 is 2.38 bits per heavy atom. The average Bonchev–Trinajstić information content (AvgIpc) is 2.82. The zero-order valence-electron chi connectivity index (χ0n) is 8.68. The molecule has 0 bridgehead atoms. The number of hydrogen-bond donors (Lipinski definition) is 2. The molecule has 2 heterocycles. The monoisotopic (exact) mass is 214 g/mol. The van der Waals surface area contributed by atoms with E-state index in [1.165, 1.54) is 6.33 Å². The van der Waals surface area contributed by atoms with Crippen molar-refractivity contribution in [3.63, 3.8) is 0 Å². The number of nitrogens with zero attached hydrogens (tertiary/aromatic N) is 4. The van der Waals surface area contributed by atoms with Crippen LogP contribution in [0.5, 0.6) is 0 Å². The molecular formula is C10H10N6. The lowest BCUT2D eigenvalue weighted by Crippen LogP contribution is -2.12. The minimum absolute atomic E-state index is 0.478. The highest BCUT2D eigenvalue weighted by molar-refractivity contribution is 5.58. The van der Waals surface area contributed by atoms with Gasteiger partial charge in [0.15, 0.2) is 6.19 Å². The molecule has 0 aliphatic heterocycles. The second kappa shape index (κ2) is 4.31. The van der Waals surface area contributed by atoms with E-state index in [0.29, 0.717) is 11.6 Å². The Kier molecular flexibility index (Phi) is 2.69. The molecule has 0 aliphatic carbocycles. The fourth-order valence-corrected chi connectivity index (χ4v) is 1.31. The molecule has 0 atom stereocenters. The van der Waals surface area contributed by atoms with Crippen LogP contribution >= 0.6 is 0 Å². The van der Waals surface area contributed by atoms with Gasteiger partial charge in [-0.1, -0.05) is 0 Å². The van der Waals surface area contributed by atoms with Gasteiger partial charge < -0.3 is 9.88 Å². The topological polar surface area (TPSA) is 80.6 Å². The van der Waals surface area contributed by atoms with Gasteiger partial charge in [0.25, 0.3) is 0 Å². The highest BCUT2D eigenvalue weighted by Gasteiger charge is 2.06. The van der Waals surface area contributed by atoms with E-state index in [9.17, 15) is 0 Å². The van der Waals surface area contributed by atoms with Crippen molar-refractivity contribution in [1.82, 2.24) is 15.0 Å². The summed E-state index contributed by atoms with van der Waals surface area (Å²) in [6.45, 7) is 0. The maximum atomic E-state index is 8.49. The van der Waals surface area contributed by atoms with Crippen LogP contribution in [0.2, 0.25) is 0 Å². The SMILES string of the molecule is CN(c1cc(NC#N)ncn1)c1ccc[nH]1. The lowest BCUT2D eigenvalue weighted by Gasteiger charge is -2.16. The number of nitriles is 1. The second-order valence-electron chi connectivity index (χ2n) is 3.11. The Bertz CT molecular complexity index is 498. The van der Waals surface area contributed by atoms with Crippen LogP contribution in [-0.4, -0.2) is 22.0 Å². The highest BCUT2D eigenvalue weighted by atomic mass is 15.2. The molecule has 2 aromatic rings. The fraction of sp³-hybridized carbons (Fsp3) is 0.100. The van der Waals surface area contributed by atoms with Crippen LogP contribution in [-0.2, 0) is 0 Å². The number of rotatable bonds is 3. The van der Waals surface area contributed by atoms with Gasteiger partial charge in [-0.2, -0.15) is 5.26 Å². The quantitative estimate of drug-likeness (QED) is 0.597. The van der Waals surface area contributed by atoms with Crippen molar-refractivity contribution in [3.8, 4) is 6.19 Å². The molecule has 2 rings (SSSR count). The largest absolute Gasteiger partial charge is 0.348 e. The molecular weight excluding hydrogens is 204 g/mol. The van der Waals surface area contributed by atoms with Gasteiger partial charge in [-0.25, -0.2) is 9.97 Å². The predicted octanol–water partition coefficient (Wildman–Crippen LogP) is 1.47. The van der Waals surface area contributed by atoms with Gasteiger partial charge in [0.1, 0.15) is 23.8 Å². The van der Waals surface area contributed by atoms with Crippen LogP contribution in [0.3, 0.4) is 0 Å². The van der Waals surface area contributed by atoms with Gasteiger partial charge in [-0.15, -0.1) is 0 Å². The Balaban J connectivity index is 2.27. The van der Waals surface area contributed by atoms with Crippen molar-refractivity contribution >= 4 is 17.5 Å². The third kappa shape index (κ3) is 1.93. The molecule has 0 fully saturated rings. The summed E-state index contributed by atoms with van der Waals surface area (Å²) in [7, 11) is 1.88. The number of nitrogens with one attached hydrogen (secondary N) is 2. The molecule has 0 saturated heterocycles. The first-order valence-electron chi connectivity index (χ1n) is 4.65. The van der Waals surface area contributed by atoms with Gasteiger partial charge in [0.2, 0.25) is 0 Å². The summed E-state index contributed by atoms with van der Waals surface area (Å²) in [5.41, 5.74) is 0. The zero-order chi connectivity index (χ0) is 11.4. The standard InChI is InChI=1S/C10H10N6/c1-16(9-3-2-4-12-9)10-5-8(13-6-11)14-7-15-10/h2-5,7,12H,1H3,(H,13,14,15). The molecule has 0 amide bonds. The zero-order valence-corrected chi connectivity index (χ0v) is 8.68. The summed E-state index contributed by atoms with van der Waals surface area (Å²) in [4.78, 5) is 13.0. The van der Waals surface area contributed by atoms with Gasteiger partial charge in [0, 0.05) is 19.3 Å². The number of aromatic amines is 1. The van der Waals surface area contributed by atoms with Crippen LogP contribution in [0, 0.1) is 11.5 Å². The first-order chi connectivity index (χ1) is 7.81. The van der Waals surface area contributed by atoms with E-state index in [0.717, 1.165) is 5.82 Å². The number of hydrogen-bond acceptors (Lipinski definition) is 5. The van der Waals surface area contributed by atoms with E-state index in [4.69, 9.17) is 5.26 Å². The van der Waals surface area contributed by atoms with E-state index in [2.05, 4.69) is 20.3 Å². The van der Waals surface area contributed by atoms with E-state index < -0.39 is 0 Å². The molecule has 0 spiro atoms. The fourth-order valence-electron chi connectivity index (χ4n) is 1.31. The summed E-state index contributed by atoms with van der Waals surface area (Å²) < 4.78 is 0. The smallest absolute Gasteiger partial charge is 0.182 e. The Morgan fingerprint density at radius 3 is 3.06 bits per heavy atom.